The van der Waals surface area contributed by atoms with Gasteiger partial charge in [-0.05, 0) is 25.7 Å². The van der Waals surface area contributed by atoms with E-state index in [2.05, 4.69) is 0 Å². The number of carbonyl (C=O) groups is 4. The lowest BCUT2D eigenvalue weighted by Crippen LogP contribution is -2.41. The number of carbonyl (C=O) groups excluding carboxylic acids is 4. The van der Waals surface area contributed by atoms with Crippen LogP contribution < -0.4 is 0 Å². The maximum atomic E-state index is 13.2. The average molecular weight is 583 g/mol. The van der Waals surface area contributed by atoms with Crippen LogP contribution in [0.2, 0.25) is 0 Å². The highest BCUT2D eigenvalue weighted by atomic mass is 16.6. The molecule has 0 radical (unpaired) electrons. The molecule has 1 fully saturated rings. The third-order valence-corrected chi connectivity index (χ3v) is 7.86. The van der Waals surface area contributed by atoms with E-state index in [9.17, 15) is 19.2 Å². The molecule has 1 aliphatic rings. The highest BCUT2D eigenvalue weighted by molar-refractivity contribution is 5.71. The summed E-state index contributed by atoms with van der Waals surface area (Å²) in [7, 11) is 0. The molecule has 1 rings (SSSR count). The second-order valence-corrected chi connectivity index (χ2v) is 12.1. The Hall–Kier alpha value is -2.12. The number of esters is 4. The van der Waals surface area contributed by atoms with Crippen LogP contribution in [-0.2, 0) is 38.1 Å². The van der Waals surface area contributed by atoms with Crippen molar-refractivity contribution in [2.75, 3.05) is 19.8 Å². The van der Waals surface area contributed by atoms with E-state index in [1.165, 1.54) is 111 Å². The summed E-state index contributed by atoms with van der Waals surface area (Å²) in [6.07, 6.45) is 23.9. The Balaban J connectivity index is 2.79. The predicted molar refractivity (Wildman–Crippen MR) is 159 cm³/mol. The number of ether oxygens (including phenoxy) is 4. The van der Waals surface area contributed by atoms with E-state index in [4.69, 9.17) is 18.9 Å². The van der Waals surface area contributed by atoms with E-state index in [0.717, 1.165) is 38.5 Å². The fourth-order valence-corrected chi connectivity index (χ4v) is 5.41. The Morgan fingerprint density at radius 3 is 1.02 bits per heavy atom. The van der Waals surface area contributed by atoms with Crippen molar-refractivity contribution in [3.8, 4) is 0 Å². The smallest absolute Gasteiger partial charge is 0.307 e. The molecule has 0 N–H and O–H groups in total. The highest BCUT2D eigenvalue weighted by Crippen LogP contribution is 2.27. The number of rotatable bonds is 9. The van der Waals surface area contributed by atoms with E-state index in [1.54, 1.807) is 0 Å². The molecule has 0 heterocycles. The van der Waals surface area contributed by atoms with Gasteiger partial charge >= 0.3 is 23.9 Å². The molecule has 0 aliphatic heterocycles. The first-order valence-corrected chi connectivity index (χ1v) is 16.3. The van der Waals surface area contributed by atoms with Crippen molar-refractivity contribution < 1.29 is 38.1 Å². The predicted octanol–water partition coefficient (Wildman–Crippen LogP) is 7.78. The van der Waals surface area contributed by atoms with Crippen molar-refractivity contribution in [2.24, 2.45) is 5.41 Å². The molecule has 0 unspecified atom stereocenters. The minimum atomic E-state index is -1.22. The van der Waals surface area contributed by atoms with E-state index in [1.807, 2.05) is 0 Å². The van der Waals surface area contributed by atoms with Crippen molar-refractivity contribution in [3.63, 3.8) is 0 Å². The summed E-state index contributed by atoms with van der Waals surface area (Å²) in [5.41, 5.74) is -1.22. The van der Waals surface area contributed by atoms with Gasteiger partial charge in [0.25, 0.3) is 0 Å². The molecule has 1 aliphatic carbocycles. The summed E-state index contributed by atoms with van der Waals surface area (Å²) in [6.45, 7) is 3.07. The van der Waals surface area contributed by atoms with Gasteiger partial charge in [-0.15, -0.1) is 0 Å². The molecule has 0 aromatic rings. The zero-order valence-electron chi connectivity index (χ0n) is 26.3. The molecule has 1 saturated carbocycles. The number of hydrogen-bond acceptors (Lipinski definition) is 8. The maximum Gasteiger partial charge on any atom is 0.307 e. The molecule has 0 aromatic heterocycles. The summed E-state index contributed by atoms with van der Waals surface area (Å²) in [6, 6.07) is 0. The third kappa shape index (κ3) is 21.3. The van der Waals surface area contributed by atoms with Crippen molar-refractivity contribution in [3.05, 3.63) is 0 Å². The van der Waals surface area contributed by atoms with Crippen molar-refractivity contribution in [2.45, 2.75) is 162 Å². The van der Waals surface area contributed by atoms with Gasteiger partial charge in [-0.3, -0.25) is 19.2 Å². The molecule has 0 bridgehead atoms. The zero-order valence-corrected chi connectivity index (χ0v) is 26.3. The first-order chi connectivity index (χ1) is 19.7. The second kappa shape index (κ2) is 23.4. The monoisotopic (exact) mass is 582 g/mol. The SMILES string of the molecule is CC(=O)OCC(COC(C)=O)(COC(C)=O)CC(=O)OC1CCCCCCCCCCCCCCCCCCCC1. The molecule has 0 spiro atoms. The van der Waals surface area contributed by atoms with Gasteiger partial charge in [-0.1, -0.05) is 103 Å². The van der Waals surface area contributed by atoms with E-state index >= 15 is 0 Å². The van der Waals surface area contributed by atoms with Crippen LogP contribution in [0.25, 0.3) is 0 Å². The zero-order chi connectivity index (χ0) is 30.2. The average Bonchev–Trinajstić information content (AvgIpc) is 2.91. The summed E-state index contributed by atoms with van der Waals surface area (Å²) < 4.78 is 21.6. The van der Waals surface area contributed by atoms with Crippen LogP contribution in [-0.4, -0.2) is 49.8 Å². The first kappa shape index (κ1) is 36.9. The van der Waals surface area contributed by atoms with Gasteiger partial charge in [0, 0.05) is 20.8 Å². The number of hydrogen-bond donors (Lipinski definition) is 0. The minimum absolute atomic E-state index is 0.189. The van der Waals surface area contributed by atoms with Crippen molar-refractivity contribution in [1.29, 1.82) is 0 Å². The van der Waals surface area contributed by atoms with Crippen LogP contribution in [0.5, 0.6) is 0 Å². The molecule has 8 nitrogen and oxygen atoms in total. The molecular formula is C33H58O8. The van der Waals surface area contributed by atoms with Gasteiger partial charge < -0.3 is 18.9 Å². The van der Waals surface area contributed by atoms with E-state index < -0.39 is 29.3 Å². The topological polar surface area (TPSA) is 105 Å². The van der Waals surface area contributed by atoms with Crippen LogP contribution >= 0.6 is 0 Å². The molecule has 41 heavy (non-hydrogen) atoms. The van der Waals surface area contributed by atoms with E-state index in [0.29, 0.717) is 0 Å². The Morgan fingerprint density at radius 1 is 0.488 bits per heavy atom. The minimum Gasteiger partial charge on any atom is -0.465 e. The summed E-state index contributed by atoms with van der Waals surface area (Å²) in [5.74, 6) is -2.09. The van der Waals surface area contributed by atoms with Gasteiger partial charge in [-0.25, -0.2) is 0 Å². The largest absolute Gasteiger partial charge is 0.465 e. The van der Waals surface area contributed by atoms with Gasteiger partial charge in [0.2, 0.25) is 0 Å². The molecule has 238 valence electrons. The van der Waals surface area contributed by atoms with Crippen LogP contribution in [0.4, 0.5) is 0 Å². The van der Waals surface area contributed by atoms with Crippen molar-refractivity contribution >= 4 is 23.9 Å². The van der Waals surface area contributed by atoms with E-state index in [-0.39, 0.29) is 32.3 Å². The van der Waals surface area contributed by atoms with Gasteiger partial charge in [0.15, 0.2) is 0 Å². The lowest BCUT2D eigenvalue weighted by molar-refractivity contribution is -0.169. The highest BCUT2D eigenvalue weighted by Gasteiger charge is 2.39. The molecule has 0 atom stereocenters. The summed E-state index contributed by atoms with van der Waals surface area (Å²) in [4.78, 5) is 47.9. The van der Waals surface area contributed by atoms with Crippen LogP contribution in [0.15, 0.2) is 0 Å². The molecule has 0 saturated heterocycles. The second-order valence-electron chi connectivity index (χ2n) is 12.1. The molecule has 0 amide bonds. The van der Waals surface area contributed by atoms with Crippen molar-refractivity contribution in [1.82, 2.24) is 0 Å². The molecule has 8 heteroatoms. The van der Waals surface area contributed by atoms with Gasteiger partial charge in [-0.2, -0.15) is 0 Å². The Morgan fingerprint density at radius 2 is 0.756 bits per heavy atom. The lowest BCUT2D eigenvalue weighted by atomic mass is 9.87. The van der Waals surface area contributed by atoms with Gasteiger partial charge in [0.1, 0.15) is 25.9 Å². The van der Waals surface area contributed by atoms with Crippen LogP contribution in [0.3, 0.4) is 0 Å². The Labute approximate surface area is 249 Å². The fraction of sp³-hybridized carbons (Fsp3) is 0.879. The molecule has 0 aromatic carbocycles. The van der Waals surface area contributed by atoms with Crippen LogP contribution in [0.1, 0.15) is 156 Å². The fourth-order valence-electron chi connectivity index (χ4n) is 5.41. The van der Waals surface area contributed by atoms with Crippen LogP contribution in [0, 0.1) is 5.41 Å². The quantitative estimate of drug-likeness (QED) is 0.200. The Bertz CT molecular complexity index is 667. The first-order valence-electron chi connectivity index (χ1n) is 16.3. The Kier molecular flexibility index (Phi) is 21.1. The normalized spacial score (nSPS) is 18.3. The maximum absolute atomic E-state index is 13.2. The summed E-state index contributed by atoms with van der Waals surface area (Å²) in [5, 5.41) is 0. The standard InChI is InChI=1S/C33H58O8/c1-28(34)38-25-33(26-39-29(2)35,27-40-30(3)36)24-32(37)41-31-22-20-18-16-14-12-10-8-6-4-5-7-9-11-13-15-17-19-21-23-31/h31H,4-27H2,1-3H3. The lowest BCUT2D eigenvalue weighted by Gasteiger charge is -2.31. The molecular weight excluding hydrogens is 524 g/mol. The summed E-state index contributed by atoms with van der Waals surface area (Å²) >= 11 is 0. The third-order valence-electron chi connectivity index (χ3n) is 7.86. The van der Waals surface area contributed by atoms with Gasteiger partial charge in [0.05, 0.1) is 11.8 Å².